The smallest absolute Gasteiger partial charge is 0.327 e. The van der Waals surface area contributed by atoms with Crippen LogP contribution in [0.5, 0.6) is 0 Å². The van der Waals surface area contributed by atoms with E-state index in [2.05, 4.69) is 65.1 Å². The van der Waals surface area contributed by atoms with Crippen LogP contribution < -0.4 is 38.9 Å². The number of hydrogen-bond donors (Lipinski definition) is 11. The van der Waals surface area contributed by atoms with Gasteiger partial charge >= 0.3 is 11.4 Å². The standard InChI is InChI=1S/C6H6N4O.C6H5N3O3.C5H4N4O2.C5H4N4O.H2O2.H3P/c1-10-3-9-4-5(10)7-2-8-6(4)11;10-3-1-2-4(7-3)8-6(12)9-5(2)11;10-4-2-3(7-1-6-2)8-5(11)9-4;10-5-3-4(7-1-6-3)8-2-9-5;1-2;/h2-3H,1H3,(H,7,8,11);1H2,(H3,7,8,9,10,11,12);1H,(H3,6,7,8,9,10,11);1-2H,(H2,6,7,8,9,10);1-2H;1H3. The van der Waals surface area contributed by atoms with E-state index in [0.29, 0.717) is 27.9 Å². The molecule has 0 fully saturated rings. The molecule has 8 rings (SSSR count). The Morgan fingerprint density at radius 2 is 1.26 bits per heavy atom. The first-order chi connectivity index (χ1) is 22.1. The van der Waals surface area contributed by atoms with Crippen LogP contribution in [0.1, 0.15) is 5.56 Å². The molecule has 0 spiro atoms. The zero-order chi connectivity index (χ0) is 33.4. The van der Waals surface area contributed by atoms with Gasteiger partial charge in [-0.3, -0.25) is 54.4 Å². The van der Waals surface area contributed by atoms with E-state index in [1.807, 2.05) is 4.98 Å². The predicted molar refractivity (Wildman–Crippen MR) is 167 cm³/mol. The minimum atomic E-state index is -0.610. The minimum absolute atomic E-state index is 0. The summed E-state index contributed by atoms with van der Waals surface area (Å²) in [7, 11) is 1.79. The highest BCUT2D eigenvalue weighted by atomic mass is 31.0. The summed E-state index contributed by atoms with van der Waals surface area (Å²) in [6.45, 7) is 0. The van der Waals surface area contributed by atoms with Crippen LogP contribution in [0.2, 0.25) is 0 Å². The van der Waals surface area contributed by atoms with Crippen molar-refractivity contribution in [1.29, 1.82) is 0 Å². The number of hydrogen-bond acceptors (Lipinski definition) is 14. The van der Waals surface area contributed by atoms with Crippen molar-refractivity contribution >= 4 is 55.1 Å². The summed E-state index contributed by atoms with van der Waals surface area (Å²) < 4.78 is 1.70. The highest BCUT2D eigenvalue weighted by molar-refractivity contribution is 6.92. The maximum Gasteiger partial charge on any atom is 0.327 e. The summed E-state index contributed by atoms with van der Waals surface area (Å²) >= 11 is 0. The van der Waals surface area contributed by atoms with E-state index in [-0.39, 0.29) is 50.3 Å². The summed E-state index contributed by atoms with van der Waals surface area (Å²) in [6.07, 6.45) is 7.06. The number of nitrogens with one attached hydrogen (secondary N) is 9. The summed E-state index contributed by atoms with van der Waals surface area (Å²) in [5.41, 5.74) is 0.194. The molecule has 0 aliphatic carbocycles. The normalized spacial score (nSPS) is 10.9. The van der Waals surface area contributed by atoms with Crippen LogP contribution >= 0.6 is 9.90 Å². The third-order valence-corrected chi connectivity index (χ3v) is 5.70. The molecule has 1 unspecified atom stereocenters. The Labute approximate surface area is 258 Å². The third-order valence-electron chi connectivity index (χ3n) is 5.70. The molecule has 24 nitrogen and oxygen atoms in total. The molecular formula is C22H24N15O9P. The first-order valence-electron chi connectivity index (χ1n) is 12.3. The fraction of sp³-hybridized carbons (Fsp3) is 0.0909. The number of aromatic amines is 8. The molecule has 0 radical (unpaired) electrons. The van der Waals surface area contributed by atoms with Gasteiger partial charge in [0.25, 0.3) is 22.2 Å². The molecule has 1 amide bonds. The van der Waals surface area contributed by atoms with Gasteiger partial charge in [-0.1, -0.05) is 0 Å². The van der Waals surface area contributed by atoms with Crippen molar-refractivity contribution in [1.82, 2.24) is 69.4 Å². The molecule has 7 aromatic rings. The average Bonchev–Trinajstić information content (AvgIpc) is 3.83. The van der Waals surface area contributed by atoms with Gasteiger partial charge in [-0.05, 0) is 0 Å². The molecule has 1 aliphatic heterocycles. The van der Waals surface area contributed by atoms with E-state index in [0.717, 1.165) is 0 Å². The number of carbonyl (C=O) groups excluding carboxylic acids is 1. The maximum atomic E-state index is 11.0. The lowest BCUT2D eigenvalue weighted by molar-refractivity contribution is -0.176. The van der Waals surface area contributed by atoms with Crippen molar-refractivity contribution in [2.45, 2.75) is 6.42 Å². The molecule has 25 heteroatoms. The zero-order valence-electron chi connectivity index (χ0n) is 23.7. The minimum Gasteiger partial charge on any atom is -0.339 e. The quantitative estimate of drug-likeness (QED) is 0.0431. The lowest BCUT2D eigenvalue weighted by Gasteiger charge is -1.93. The lowest BCUT2D eigenvalue weighted by atomic mass is 10.3. The molecular weight excluding hydrogens is 649 g/mol. The molecule has 11 N–H and O–H groups in total. The Bertz CT molecular complexity index is 2500. The number of fused-ring (bicyclic) bond motifs is 4. The van der Waals surface area contributed by atoms with Gasteiger partial charge in [0.05, 0.1) is 43.6 Å². The van der Waals surface area contributed by atoms with Crippen LogP contribution in [0.25, 0.3) is 33.5 Å². The van der Waals surface area contributed by atoms with Gasteiger partial charge in [0.1, 0.15) is 11.3 Å². The average molecular weight is 674 g/mol. The first kappa shape index (κ1) is 34.8. The monoisotopic (exact) mass is 673 g/mol. The van der Waals surface area contributed by atoms with Gasteiger partial charge < -0.3 is 29.8 Å². The first-order valence-corrected chi connectivity index (χ1v) is 12.3. The van der Waals surface area contributed by atoms with Gasteiger partial charge in [-0.2, -0.15) is 9.90 Å². The van der Waals surface area contributed by atoms with Crippen molar-refractivity contribution in [2.24, 2.45) is 7.05 Å². The van der Waals surface area contributed by atoms with Gasteiger partial charge in [0, 0.05) is 7.05 Å². The van der Waals surface area contributed by atoms with Crippen LogP contribution in [0.4, 0.5) is 5.82 Å². The molecule has 0 saturated heterocycles. The van der Waals surface area contributed by atoms with E-state index >= 15 is 0 Å². The van der Waals surface area contributed by atoms with E-state index in [1.54, 1.807) is 17.9 Å². The Balaban J connectivity index is 0.000000166. The zero-order valence-corrected chi connectivity index (χ0v) is 25.2. The second kappa shape index (κ2) is 15.4. The van der Waals surface area contributed by atoms with Crippen LogP contribution in [0.3, 0.4) is 0 Å². The van der Waals surface area contributed by atoms with Gasteiger partial charge in [0.15, 0.2) is 28.0 Å². The van der Waals surface area contributed by atoms with Crippen LogP contribution in [0, 0.1) is 0 Å². The van der Waals surface area contributed by atoms with E-state index in [4.69, 9.17) is 10.5 Å². The lowest BCUT2D eigenvalue weighted by Crippen LogP contribution is -2.24. The number of amides is 1. The van der Waals surface area contributed by atoms with Crippen LogP contribution in [-0.4, -0.2) is 85.8 Å². The summed E-state index contributed by atoms with van der Waals surface area (Å²) in [5, 5.41) is 14.4. The fourth-order valence-electron chi connectivity index (χ4n) is 3.73. The number of anilines is 1. The fourth-order valence-corrected chi connectivity index (χ4v) is 3.73. The SMILES string of the molecule is Cn1cnc2c(=O)[nH]cnc21.O=C1Cc2c([nH]c(=O)[nH]c2=O)N1.O=c1[nH]c(=O)c2[nH]cnc2[nH]1.O=c1[nH]cnc2nc[nH]c12.OO.P. The number of rotatable bonds is 0. The summed E-state index contributed by atoms with van der Waals surface area (Å²) in [5.74, 6) is -0.0638. The Kier molecular flexibility index (Phi) is 11.4. The number of imidazole rings is 3. The molecule has 246 valence electrons. The summed E-state index contributed by atoms with van der Waals surface area (Å²) in [4.78, 5) is 114. The molecule has 8 heterocycles. The highest BCUT2D eigenvalue weighted by Crippen LogP contribution is 2.12. The Morgan fingerprint density at radius 3 is 1.96 bits per heavy atom. The van der Waals surface area contributed by atoms with Crippen molar-refractivity contribution in [3.63, 3.8) is 0 Å². The molecule has 0 saturated carbocycles. The van der Waals surface area contributed by atoms with Gasteiger partial charge in [-0.15, -0.1) is 0 Å². The molecule has 1 atom stereocenters. The number of aromatic nitrogens is 14. The van der Waals surface area contributed by atoms with Crippen molar-refractivity contribution in [3.8, 4) is 0 Å². The van der Waals surface area contributed by atoms with Gasteiger partial charge in [-0.25, -0.2) is 34.5 Å². The van der Waals surface area contributed by atoms with Crippen molar-refractivity contribution < 1.29 is 15.3 Å². The van der Waals surface area contributed by atoms with E-state index < -0.39 is 22.5 Å². The molecule has 0 aromatic carbocycles. The maximum absolute atomic E-state index is 11.0. The third kappa shape index (κ3) is 8.09. The number of carbonyl (C=O) groups is 1. The number of nitrogens with zero attached hydrogens (tertiary/aromatic N) is 6. The van der Waals surface area contributed by atoms with Crippen LogP contribution in [-0.2, 0) is 18.3 Å². The second-order valence-electron chi connectivity index (χ2n) is 8.61. The Hall–Kier alpha value is -6.65. The van der Waals surface area contributed by atoms with Crippen molar-refractivity contribution in [3.05, 3.63) is 99.6 Å². The van der Waals surface area contributed by atoms with Gasteiger partial charge in [0.2, 0.25) is 5.91 Å². The molecule has 7 aromatic heterocycles. The Morgan fingerprint density at radius 1 is 0.660 bits per heavy atom. The summed E-state index contributed by atoms with van der Waals surface area (Å²) in [6, 6.07) is 0. The second-order valence-corrected chi connectivity index (χ2v) is 8.61. The number of H-pyrrole nitrogens is 8. The molecule has 47 heavy (non-hydrogen) atoms. The number of aryl methyl sites for hydroxylation is 1. The predicted octanol–water partition coefficient (Wildman–Crippen LogP) is -3.12. The van der Waals surface area contributed by atoms with Crippen molar-refractivity contribution in [2.75, 3.05) is 5.32 Å². The largest absolute Gasteiger partial charge is 0.339 e. The van der Waals surface area contributed by atoms with E-state index in [9.17, 15) is 33.6 Å². The highest BCUT2D eigenvalue weighted by Gasteiger charge is 2.21. The van der Waals surface area contributed by atoms with Crippen LogP contribution in [0.15, 0.2) is 60.4 Å². The topological polar surface area (TPSA) is 368 Å². The molecule has 1 aliphatic rings. The van der Waals surface area contributed by atoms with E-state index in [1.165, 1.54) is 25.3 Å². The molecule has 0 bridgehead atoms.